The quantitative estimate of drug-likeness (QED) is 0.643. The third-order valence-electron chi connectivity index (χ3n) is 2.42. The summed E-state index contributed by atoms with van der Waals surface area (Å²) in [6.07, 6.45) is 1.12. The second-order valence-electron chi connectivity index (χ2n) is 4.93. The molecule has 0 spiro atoms. The molecule has 0 radical (unpaired) electrons. The summed E-state index contributed by atoms with van der Waals surface area (Å²) in [6, 6.07) is 0. The third kappa shape index (κ3) is 7.62. The van der Waals surface area contributed by atoms with Crippen molar-refractivity contribution >= 4 is 15.9 Å². The zero-order chi connectivity index (χ0) is 14.4. The topological polar surface area (TPSA) is 78.5 Å². The number of sulfonamides is 1. The Morgan fingerprint density at radius 3 is 2.11 bits per heavy atom. The molecule has 0 unspecified atom stereocenters. The number of nitrogens with zero attached hydrogens (tertiary/aromatic N) is 1. The predicted octanol–water partition coefficient (Wildman–Crippen LogP) is -0.228. The summed E-state index contributed by atoms with van der Waals surface area (Å²) in [7, 11) is -3.24. The van der Waals surface area contributed by atoms with Gasteiger partial charge in [-0.1, -0.05) is 0 Å². The van der Waals surface area contributed by atoms with Crippen molar-refractivity contribution < 1.29 is 13.2 Å². The predicted molar refractivity (Wildman–Crippen MR) is 72.9 cm³/mol. The molecule has 0 aliphatic carbocycles. The van der Waals surface area contributed by atoms with Crippen molar-refractivity contribution in [2.24, 2.45) is 0 Å². The summed E-state index contributed by atoms with van der Waals surface area (Å²) >= 11 is 0. The van der Waals surface area contributed by atoms with Gasteiger partial charge in [0.1, 0.15) is 0 Å². The van der Waals surface area contributed by atoms with Crippen molar-refractivity contribution in [3.05, 3.63) is 0 Å². The van der Waals surface area contributed by atoms with Crippen molar-refractivity contribution in [2.75, 3.05) is 32.4 Å². The van der Waals surface area contributed by atoms with Gasteiger partial charge in [-0.2, -0.15) is 0 Å². The summed E-state index contributed by atoms with van der Waals surface area (Å²) in [5, 5.41) is 2.98. The van der Waals surface area contributed by atoms with Gasteiger partial charge in [0.2, 0.25) is 15.9 Å². The summed E-state index contributed by atoms with van der Waals surface area (Å²) in [4.78, 5) is 13.4. The molecule has 2 N–H and O–H groups in total. The molecule has 7 heteroatoms. The van der Waals surface area contributed by atoms with Crippen LogP contribution in [-0.4, -0.2) is 57.2 Å². The van der Waals surface area contributed by atoms with Gasteiger partial charge in [0.05, 0.1) is 12.8 Å². The summed E-state index contributed by atoms with van der Waals surface area (Å²) in [5.41, 5.74) is -0.614. The highest BCUT2D eigenvalue weighted by molar-refractivity contribution is 7.88. The van der Waals surface area contributed by atoms with Crippen molar-refractivity contribution in [2.45, 2.75) is 33.2 Å². The number of rotatable bonds is 8. The van der Waals surface area contributed by atoms with Crippen molar-refractivity contribution in [1.82, 2.24) is 14.9 Å². The Bertz CT molecular complexity index is 362. The SMILES string of the molecule is CCN(CC)C(=O)CNCC(C)(C)NS(C)(=O)=O. The van der Waals surface area contributed by atoms with Crippen LogP contribution < -0.4 is 10.0 Å². The molecule has 0 saturated carbocycles. The van der Waals surface area contributed by atoms with Crippen LogP contribution in [0.1, 0.15) is 27.7 Å². The summed E-state index contributed by atoms with van der Waals surface area (Å²) < 4.78 is 24.8. The number of hydrogen-bond acceptors (Lipinski definition) is 4. The average Bonchev–Trinajstić information content (AvgIpc) is 2.15. The van der Waals surface area contributed by atoms with Gasteiger partial charge in [-0.25, -0.2) is 13.1 Å². The Balaban J connectivity index is 4.15. The van der Waals surface area contributed by atoms with E-state index in [2.05, 4.69) is 10.0 Å². The van der Waals surface area contributed by atoms with Gasteiger partial charge in [-0.15, -0.1) is 0 Å². The van der Waals surface area contributed by atoms with E-state index in [-0.39, 0.29) is 12.5 Å². The van der Waals surface area contributed by atoms with Crippen LogP contribution >= 0.6 is 0 Å². The fraction of sp³-hybridized carbons (Fsp3) is 0.909. The second kappa shape index (κ2) is 7.06. The van der Waals surface area contributed by atoms with E-state index in [4.69, 9.17) is 0 Å². The van der Waals surface area contributed by atoms with Gasteiger partial charge in [-0.05, 0) is 27.7 Å². The lowest BCUT2D eigenvalue weighted by molar-refractivity contribution is -0.129. The number of carbonyl (C=O) groups is 1. The molecule has 6 nitrogen and oxygen atoms in total. The largest absolute Gasteiger partial charge is 0.342 e. The Labute approximate surface area is 110 Å². The number of nitrogens with one attached hydrogen (secondary N) is 2. The Morgan fingerprint density at radius 1 is 1.22 bits per heavy atom. The van der Waals surface area contributed by atoms with Crippen molar-refractivity contribution in [3.8, 4) is 0 Å². The normalized spacial score (nSPS) is 12.5. The molecule has 0 heterocycles. The molecule has 0 rings (SSSR count). The van der Waals surface area contributed by atoms with E-state index in [9.17, 15) is 13.2 Å². The van der Waals surface area contributed by atoms with Crippen LogP contribution in [0.2, 0.25) is 0 Å². The molecular weight excluding hydrogens is 254 g/mol. The van der Waals surface area contributed by atoms with E-state index < -0.39 is 15.6 Å². The van der Waals surface area contributed by atoms with Crippen molar-refractivity contribution in [3.63, 3.8) is 0 Å². The molecular formula is C11H25N3O3S. The average molecular weight is 279 g/mol. The molecule has 0 fully saturated rings. The van der Waals surface area contributed by atoms with Gasteiger partial charge >= 0.3 is 0 Å². The summed E-state index contributed by atoms with van der Waals surface area (Å²) in [5.74, 6) is 0.0233. The maximum atomic E-state index is 11.7. The first-order valence-corrected chi connectivity index (χ1v) is 7.98. The smallest absolute Gasteiger partial charge is 0.236 e. The molecule has 0 aromatic carbocycles. The number of likely N-dealkylation sites (N-methyl/N-ethyl adjacent to an activating group) is 1. The van der Waals surface area contributed by atoms with Gasteiger partial charge in [0.25, 0.3) is 0 Å². The zero-order valence-electron chi connectivity index (χ0n) is 11.9. The first kappa shape index (κ1) is 17.3. The molecule has 0 saturated heterocycles. The highest BCUT2D eigenvalue weighted by atomic mass is 32.2. The molecule has 1 amide bonds. The van der Waals surface area contributed by atoms with E-state index in [1.807, 2.05) is 13.8 Å². The Kier molecular flexibility index (Phi) is 6.80. The first-order chi connectivity index (χ1) is 8.11. The third-order valence-corrected chi connectivity index (χ3v) is 3.34. The van der Waals surface area contributed by atoms with E-state index in [0.717, 1.165) is 6.26 Å². The minimum absolute atomic E-state index is 0.0233. The van der Waals surface area contributed by atoms with Crippen LogP contribution in [0.5, 0.6) is 0 Å². The Hall–Kier alpha value is -0.660. The van der Waals surface area contributed by atoms with Gasteiger partial charge < -0.3 is 10.2 Å². The van der Waals surface area contributed by atoms with Crippen LogP contribution in [0, 0.1) is 0 Å². The van der Waals surface area contributed by atoms with E-state index in [1.54, 1.807) is 18.7 Å². The van der Waals surface area contributed by atoms with Crippen LogP contribution in [0.3, 0.4) is 0 Å². The lowest BCUT2D eigenvalue weighted by Crippen LogP contribution is -2.51. The second-order valence-corrected chi connectivity index (χ2v) is 6.68. The highest BCUT2D eigenvalue weighted by Gasteiger charge is 2.22. The fourth-order valence-electron chi connectivity index (χ4n) is 1.71. The van der Waals surface area contributed by atoms with Gasteiger partial charge in [-0.3, -0.25) is 4.79 Å². The zero-order valence-corrected chi connectivity index (χ0v) is 12.7. The molecule has 108 valence electrons. The Morgan fingerprint density at radius 2 is 1.72 bits per heavy atom. The minimum atomic E-state index is -3.24. The number of amides is 1. The highest BCUT2D eigenvalue weighted by Crippen LogP contribution is 2.01. The molecule has 0 aliphatic heterocycles. The number of carbonyl (C=O) groups excluding carboxylic acids is 1. The lowest BCUT2D eigenvalue weighted by Gasteiger charge is -2.26. The van der Waals surface area contributed by atoms with Crippen LogP contribution in [0.4, 0.5) is 0 Å². The standard InChI is InChI=1S/C11H25N3O3S/c1-6-14(7-2)10(15)8-12-9-11(3,4)13-18(5,16)17/h12-13H,6-9H2,1-5H3. The van der Waals surface area contributed by atoms with E-state index >= 15 is 0 Å². The molecule has 0 aromatic rings. The molecule has 18 heavy (non-hydrogen) atoms. The van der Waals surface area contributed by atoms with Crippen LogP contribution in [-0.2, 0) is 14.8 Å². The molecule has 0 aliphatic rings. The lowest BCUT2D eigenvalue weighted by atomic mass is 10.1. The first-order valence-electron chi connectivity index (χ1n) is 6.08. The van der Waals surface area contributed by atoms with E-state index in [0.29, 0.717) is 19.6 Å². The molecule has 0 atom stereocenters. The fourth-order valence-corrected chi connectivity index (χ4v) is 2.78. The minimum Gasteiger partial charge on any atom is -0.342 e. The van der Waals surface area contributed by atoms with Crippen molar-refractivity contribution in [1.29, 1.82) is 0 Å². The maximum Gasteiger partial charge on any atom is 0.236 e. The van der Waals surface area contributed by atoms with Crippen LogP contribution in [0.15, 0.2) is 0 Å². The van der Waals surface area contributed by atoms with E-state index in [1.165, 1.54) is 0 Å². The molecule has 0 bridgehead atoms. The maximum absolute atomic E-state index is 11.7. The van der Waals surface area contributed by atoms with Gasteiger partial charge in [0, 0.05) is 25.2 Å². The summed E-state index contributed by atoms with van der Waals surface area (Å²) in [6.45, 7) is 9.37. The van der Waals surface area contributed by atoms with Gasteiger partial charge in [0.15, 0.2) is 0 Å². The number of hydrogen-bond donors (Lipinski definition) is 2. The van der Waals surface area contributed by atoms with Crippen LogP contribution in [0.25, 0.3) is 0 Å². The monoisotopic (exact) mass is 279 g/mol. The molecule has 0 aromatic heterocycles.